The van der Waals surface area contributed by atoms with Crippen molar-refractivity contribution in [1.29, 1.82) is 0 Å². The van der Waals surface area contributed by atoms with Gasteiger partial charge in [-0.2, -0.15) is 5.10 Å². The Morgan fingerprint density at radius 3 is 2.38 bits per heavy atom. The van der Waals surface area contributed by atoms with Gasteiger partial charge in [0.15, 0.2) is 11.5 Å². The van der Waals surface area contributed by atoms with Crippen LogP contribution in [0.2, 0.25) is 0 Å². The molecule has 0 fully saturated rings. The van der Waals surface area contributed by atoms with Gasteiger partial charge in [-0.1, -0.05) is 30.4 Å². The molecule has 0 heterocycles. The van der Waals surface area contributed by atoms with E-state index in [1.54, 1.807) is 48.5 Å². The average Bonchev–Trinajstić information content (AvgIpc) is 2.95. The molecule has 40 heavy (non-hydrogen) atoms. The van der Waals surface area contributed by atoms with Crippen LogP contribution in [0.3, 0.4) is 0 Å². The van der Waals surface area contributed by atoms with Crippen LogP contribution in [-0.2, 0) is 14.8 Å². The lowest BCUT2D eigenvalue weighted by molar-refractivity contribution is -0.119. The molecule has 1 N–H and O–H groups in total. The summed E-state index contributed by atoms with van der Waals surface area (Å²) in [6.07, 6.45) is 3.05. The van der Waals surface area contributed by atoms with Crippen molar-refractivity contribution in [2.24, 2.45) is 5.10 Å². The Bertz CT molecular complexity index is 1450. The van der Waals surface area contributed by atoms with Crippen molar-refractivity contribution in [3.8, 4) is 23.0 Å². The number of hydrogen-bond donors (Lipinski definition) is 1. The molecule has 3 aromatic rings. The summed E-state index contributed by atoms with van der Waals surface area (Å²) in [4.78, 5) is 13.0. The van der Waals surface area contributed by atoms with Crippen molar-refractivity contribution < 1.29 is 32.2 Å². The monoisotopic (exact) mass is 567 g/mol. The summed E-state index contributed by atoms with van der Waals surface area (Å²) in [5.74, 6) is 1.08. The molecule has 212 valence electrons. The minimum atomic E-state index is -4.16. The molecule has 0 unspecified atom stereocenters. The largest absolute Gasteiger partial charge is 0.497 e. The van der Waals surface area contributed by atoms with Gasteiger partial charge in [0.2, 0.25) is 0 Å². The van der Waals surface area contributed by atoms with Crippen molar-refractivity contribution in [3.05, 3.63) is 84.4 Å². The second kappa shape index (κ2) is 14.0. The number of nitrogens with zero attached hydrogens (tertiary/aromatic N) is 2. The Hall–Kier alpha value is -4.51. The summed E-state index contributed by atoms with van der Waals surface area (Å²) in [7, 11) is -1.27. The van der Waals surface area contributed by atoms with Crippen LogP contribution in [0.1, 0.15) is 18.1 Å². The number of benzene rings is 3. The van der Waals surface area contributed by atoms with Gasteiger partial charge in [-0.3, -0.25) is 9.10 Å². The summed E-state index contributed by atoms with van der Waals surface area (Å²) in [6, 6.07) is 16.2. The number of aryl methyl sites for hydroxylation is 1. The van der Waals surface area contributed by atoms with Crippen LogP contribution in [0.5, 0.6) is 23.0 Å². The molecule has 0 aliphatic rings. The number of ether oxygens (including phenoxy) is 4. The maximum Gasteiger partial charge on any atom is 0.264 e. The fourth-order valence-electron chi connectivity index (χ4n) is 3.61. The Morgan fingerprint density at radius 1 is 0.975 bits per heavy atom. The number of methoxy groups -OCH3 is 2. The molecular weight excluding hydrogens is 534 g/mol. The first-order valence-electron chi connectivity index (χ1n) is 12.4. The molecule has 0 bridgehead atoms. The summed E-state index contributed by atoms with van der Waals surface area (Å²) in [6.45, 7) is 7.54. The maximum absolute atomic E-state index is 13.7. The number of sulfonamides is 1. The third kappa shape index (κ3) is 7.54. The van der Waals surface area contributed by atoms with Crippen LogP contribution in [0, 0.1) is 6.92 Å². The van der Waals surface area contributed by atoms with Gasteiger partial charge in [0.05, 0.1) is 37.6 Å². The SMILES string of the molecule is C=CCOc1ccc(/C=N\NC(=O)CN(c2ccc(OC)cc2OC)S(=O)(=O)c2ccc(C)cc2)cc1OCC. The number of carbonyl (C=O) groups is 1. The molecule has 0 aliphatic carbocycles. The van der Waals surface area contributed by atoms with Gasteiger partial charge in [0, 0.05) is 6.07 Å². The smallest absolute Gasteiger partial charge is 0.264 e. The first kappa shape index (κ1) is 30.0. The van der Waals surface area contributed by atoms with E-state index in [9.17, 15) is 13.2 Å². The van der Waals surface area contributed by atoms with Gasteiger partial charge in [-0.25, -0.2) is 13.8 Å². The van der Waals surface area contributed by atoms with Crippen LogP contribution in [0.4, 0.5) is 5.69 Å². The lowest BCUT2D eigenvalue weighted by Crippen LogP contribution is -2.39. The maximum atomic E-state index is 13.7. The zero-order valence-corrected chi connectivity index (χ0v) is 23.7. The topological polar surface area (TPSA) is 116 Å². The molecule has 3 aromatic carbocycles. The van der Waals surface area contributed by atoms with Gasteiger partial charge in [0.25, 0.3) is 15.9 Å². The fourth-order valence-corrected chi connectivity index (χ4v) is 5.05. The predicted octanol–water partition coefficient (Wildman–Crippen LogP) is 4.32. The summed E-state index contributed by atoms with van der Waals surface area (Å²) >= 11 is 0. The quantitative estimate of drug-likeness (QED) is 0.175. The molecule has 0 aliphatic heterocycles. The van der Waals surface area contributed by atoms with Gasteiger partial charge in [-0.15, -0.1) is 0 Å². The van der Waals surface area contributed by atoms with Gasteiger partial charge < -0.3 is 18.9 Å². The summed E-state index contributed by atoms with van der Waals surface area (Å²) in [5, 5.41) is 4.01. The molecule has 1 amide bonds. The number of nitrogens with one attached hydrogen (secondary N) is 1. The van der Waals surface area contributed by atoms with Crippen LogP contribution in [-0.4, -0.2) is 54.5 Å². The van der Waals surface area contributed by atoms with E-state index in [1.807, 2.05) is 13.8 Å². The first-order chi connectivity index (χ1) is 19.2. The molecule has 0 saturated carbocycles. The van der Waals surface area contributed by atoms with Crippen molar-refractivity contribution >= 4 is 27.8 Å². The van der Waals surface area contributed by atoms with Crippen LogP contribution >= 0.6 is 0 Å². The zero-order valence-electron chi connectivity index (χ0n) is 22.9. The summed E-state index contributed by atoms with van der Waals surface area (Å²) in [5.41, 5.74) is 4.09. The number of amides is 1. The van der Waals surface area contributed by atoms with Crippen molar-refractivity contribution in [3.63, 3.8) is 0 Å². The molecule has 3 rings (SSSR count). The highest BCUT2D eigenvalue weighted by Crippen LogP contribution is 2.35. The Labute approximate surface area is 234 Å². The molecule has 0 radical (unpaired) electrons. The second-order valence-corrected chi connectivity index (χ2v) is 10.3. The Balaban J connectivity index is 1.87. The van der Waals surface area contributed by atoms with E-state index in [4.69, 9.17) is 18.9 Å². The van der Waals surface area contributed by atoms with E-state index >= 15 is 0 Å². The van der Waals surface area contributed by atoms with E-state index in [-0.39, 0.29) is 16.3 Å². The van der Waals surface area contributed by atoms with Gasteiger partial charge >= 0.3 is 0 Å². The number of anilines is 1. The minimum absolute atomic E-state index is 0.0227. The van der Waals surface area contributed by atoms with Gasteiger partial charge in [0.1, 0.15) is 24.7 Å². The molecule has 11 heteroatoms. The standard InChI is InChI=1S/C29H33N3O7S/c1-6-16-39-26-15-10-22(17-28(26)38-7-2)19-30-31-29(33)20-32(25-14-11-23(36-4)18-27(25)37-5)40(34,35)24-12-8-21(3)9-13-24/h6,8-15,17-19H,1,7,16,20H2,2-5H3,(H,31,33)/b30-19-. The van der Waals surface area contributed by atoms with Crippen LogP contribution in [0.15, 0.2) is 83.3 Å². The number of carbonyl (C=O) groups excluding carboxylic acids is 1. The molecular formula is C29H33N3O7S. The molecule has 0 saturated heterocycles. The van der Waals surface area contributed by atoms with E-state index in [0.717, 1.165) is 9.87 Å². The van der Waals surface area contributed by atoms with Gasteiger partial charge in [-0.05, 0) is 61.9 Å². The number of hydrogen-bond acceptors (Lipinski definition) is 8. The molecule has 0 aromatic heterocycles. The molecule has 10 nitrogen and oxygen atoms in total. The normalized spacial score (nSPS) is 11.1. The second-order valence-electron chi connectivity index (χ2n) is 8.39. The molecule has 0 atom stereocenters. The third-order valence-electron chi connectivity index (χ3n) is 5.58. The highest BCUT2D eigenvalue weighted by atomic mass is 32.2. The Morgan fingerprint density at radius 2 is 1.73 bits per heavy atom. The highest BCUT2D eigenvalue weighted by molar-refractivity contribution is 7.92. The van der Waals surface area contributed by atoms with Crippen molar-refractivity contribution in [1.82, 2.24) is 5.43 Å². The van der Waals surface area contributed by atoms with Crippen molar-refractivity contribution in [2.75, 3.05) is 38.3 Å². The van der Waals surface area contributed by atoms with E-state index in [0.29, 0.717) is 36.0 Å². The first-order valence-corrected chi connectivity index (χ1v) is 13.8. The van der Waals surface area contributed by atoms with Crippen LogP contribution < -0.4 is 28.7 Å². The minimum Gasteiger partial charge on any atom is -0.497 e. The zero-order chi connectivity index (χ0) is 29.1. The lowest BCUT2D eigenvalue weighted by atomic mass is 10.2. The fraction of sp³-hybridized carbons (Fsp3) is 0.241. The summed E-state index contributed by atoms with van der Waals surface area (Å²) < 4.78 is 50.2. The number of hydrazone groups is 1. The predicted molar refractivity (Wildman–Crippen MR) is 154 cm³/mol. The number of rotatable bonds is 14. The third-order valence-corrected chi connectivity index (χ3v) is 7.35. The lowest BCUT2D eigenvalue weighted by Gasteiger charge is -2.25. The van der Waals surface area contributed by atoms with E-state index in [1.165, 1.54) is 38.6 Å². The molecule has 0 spiro atoms. The van der Waals surface area contributed by atoms with E-state index < -0.39 is 22.5 Å². The van der Waals surface area contributed by atoms with Crippen LogP contribution in [0.25, 0.3) is 0 Å². The highest BCUT2D eigenvalue weighted by Gasteiger charge is 2.29. The Kier molecular flexibility index (Phi) is 10.5. The van der Waals surface area contributed by atoms with E-state index in [2.05, 4.69) is 17.1 Å². The average molecular weight is 568 g/mol. The van der Waals surface area contributed by atoms with Crippen molar-refractivity contribution in [2.45, 2.75) is 18.7 Å².